The number of esters is 1. The predicted octanol–water partition coefficient (Wildman–Crippen LogP) is 4.02. The third-order valence-corrected chi connectivity index (χ3v) is 3.54. The number of hydrogen-bond acceptors (Lipinski definition) is 6. The molecule has 1 N–H and O–H groups in total. The summed E-state index contributed by atoms with van der Waals surface area (Å²) >= 11 is 0. The van der Waals surface area contributed by atoms with E-state index in [1.807, 2.05) is 6.92 Å². The lowest BCUT2D eigenvalue weighted by Gasteiger charge is -2.11. The molecular weight excluding hydrogens is 369 g/mol. The van der Waals surface area contributed by atoms with E-state index in [4.69, 9.17) is 4.74 Å². The SMILES string of the molecule is CCCCOC(=O)/C(C=NCC)=C(/O)c1c(F)c(C)c(F)c(F)c1[N+](=O)[O-]. The van der Waals surface area contributed by atoms with Gasteiger partial charge in [0, 0.05) is 18.3 Å². The third kappa shape index (κ3) is 4.83. The fourth-order valence-electron chi connectivity index (χ4n) is 2.07. The van der Waals surface area contributed by atoms with Crippen molar-refractivity contribution >= 4 is 23.6 Å². The molecule has 0 radical (unpaired) electrons. The molecule has 0 saturated heterocycles. The van der Waals surface area contributed by atoms with Crippen LogP contribution in [0.1, 0.15) is 37.8 Å². The first-order valence-corrected chi connectivity index (χ1v) is 8.10. The van der Waals surface area contributed by atoms with E-state index >= 15 is 0 Å². The number of aliphatic hydroxyl groups excluding tert-OH is 1. The van der Waals surface area contributed by atoms with Crippen LogP contribution in [-0.2, 0) is 9.53 Å². The minimum absolute atomic E-state index is 0.0204. The Morgan fingerprint density at radius 1 is 1.26 bits per heavy atom. The van der Waals surface area contributed by atoms with E-state index < -0.39 is 56.5 Å². The van der Waals surface area contributed by atoms with Gasteiger partial charge in [-0.1, -0.05) is 13.3 Å². The van der Waals surface area contributed by atoms with Crippen LogP contribution in [0.4, 0.5) is 18.9 Å². The van der Waals surface area contributed by atoms with Crippen LogP contribution in [0.25, 0.3) is 5.76 Å². The molecule has 0 aliphatic carbocycles. The highest BCUT2D eigenvalue weighted by atomic mass is 19.2. The van der Waals surface area contributed by atoms with Crippen molar-refractivity contribution in [3.63, 3.8) is 0 Å². The van der Waals surface area contributed by atoms with E-state index in [0.29, 0.717) is 12.8 Å². The summed E-state index contributed by atoms with van der Waals surface area (Å²) in [5.74, 6) is -7.67. The highest BCUT2D eigenvalue weighted by molar-refractivity contribution is 6.15. The Morgan fingerprint density at radius 2 is 1.89 bits per heavy atom. The number of nitro groups is 1. The molecular formula is C17H19F3N2O5. The van der Waals surface area contributed by atoms with Crippen LogP contribution in [0.15, 0.2) is 10.6 Å². The first-order valence-electron chi connectivity index (χ1n) is 8.10. The van der Waals surface area contributed by atoms with Crippen molar-refractivity contribution < 1.29 is 32.7 Å². The Hall–Kier alpha value is -2.91. The molecule has 0 aliphatic rings. The maximum atomic E-state index is 14.5. The van der Waals surface area contributed by atoms with Gasteiger partial charge in [0.05, 0.1) is 11.5 Å². The van der Waals surface area contributed by atoms with Gasteiger partial charge in [-0.05, 0) is 20.3 Å². The highest BCUT2D eigenvalue weighted by Crippen LogP contribution is 2.35. The molecule has 10 heteroatoms. The number of nitrogens with zero attached hydrogens (tertiary/aromatic N) is 2. The molecule has 0 heterocycles. The van der Waals surface area contributed by atoms with E-state index in [2.05, 4.69) is 4.99 Å². The fraction of sp³-hybridized carbons (Fsp3) is 0.412. The summed E-state index contributed by atoms with van der Waals surface area (Å²) in [5.41, 5.74) is -4.47. The van der Waals surface area contributed by atoms with Gasteiger partial charge >= 0.3 is 11.7 Å². The molecule has 0 aliphatic heterocycles. The Labute approximate surface area is 153 Å². The standard InChI is InChI=1S/C17H19F3N2O5/c1-4-6-7-27-17(24)10(8-21-5-2)16(23)11-12(18)9(3)13(19)14(20)15(11)22(25)26/h8,23H,4-7H2,1-3H3/b16-10+,21-8?. The van der Waals surface area contributed by atoms with Crippen molar-refractivity contribution in [1.82, 2.24) is 0 Å². The van der Waals surface area contributed by atoms with Crippen molar-refractivity contribution in [2.45, 2.75) is 33.6 Å². The quantitative estimate of drug-likeness (QED) is 0.106. The van der Waals surface area contributed by atoms with Crippen molar-refractivity contribution in [3.05, 3.63) is 44.3 Å². The minimum atomic E-state index is -1.95. The summed E-state index contributed by atoms with van der Waals surface area (Å²) in [5, 5.41) is 21.5. The van der Waals surface area contributed by atoms with Crippen LogP contribution in [0.3, 0.4) is 0 Å². The summed E-state index contributed by atoms with van der Waals surface area (Å²) in [6.45, 7) is 4.42. The number of benzene rings is 1. The zero-order valence-electron chi connectivity index (χ0n) is 15.0. The summed E-state index contributed by atoms with van der Waals surface area (Å²) in [6.07, 6.45) is 2.04. The summed E-state index contributed by atoms with van der Waals surface area (Å²) in [4.78, 5) is 25.7. The maximum Gasteiger partial charge on any atom is 0.343 e. The molecule has 0 atom stereocenters. The van der Waals surface area contributed by atoms with E-state index in [1.54, 1.807) is 6.92 Å². The van der Waals surface area contributed by atoms with Gasteiger partial charge in [-0.3, -0.25) is 15.1 Å². The Kier molecular flexibility index (Phi) is 7.95. The van der Waals surface area contributed by atoms with E-state index in [9.17, 15) is 33.2 Å². The molecule has 1 rings (SSSR count). The van der Waals surface area contributed by atoms with Crippen LogP contribution in [0.5, 0.6) is 0 Å². The van der Waals surface area contributed by atoms with E-state index in [1.165, 1.54) is 0 Å². The first-order chi connectivity index (χ1) is 12.7. The number of nitro benzene ring substituents is 1. The van der Waals surface area contributed by atoms with Gasteiger partial charge in [0.15, 0.2) is 5.82 Å². The average molecular weight is 388 g/mol. The Morgan fingerprint density at radius 3 is 2.41 bits per heavy atom. The van der Waals surface area contributed by atoms with Crippen molar-refractivity contribution in [3.8, 4) is 0 Å². The maximum absolute atomic E-state index is 14.5. The second-order valence-electron chi connectivity index (χ2n) is 5.43. The average Bonchev–Trinajstić information content (AvgIpc) is 2.62. The zero-order chi connectivity index (χ0) is 20.7. The molecule has 0 saturated carbocycles. The molecule has 27 heavy (non-hydrogen) atoms. The topological polar surface area (TPSA) is 102 Å². The summed E-state index contributed by atoms with van der Waals surface area (Å²) in [6, 6.07) is 0. The number of unbranched alkanes of at least 4 members (excludes halogenated alkanes) is 1. The third-order valence-electron chi connectivity index (χ3n) is 3.54. The fourth-order valence-corrected chi connectivity index (χ4v) is 2.07. The summed E-state index contributed by atoms with van der Waals surface area (Å²) < 4.78 is 47.1. The normalized spacial score (nSPS) is 12.2. The van der Waals surface area contributed by atoms with Crippen molar-refractivity contribution in [1.29, 1.82) is 0 Å². The van der Waals surface area contributed by atoms with Gasteiger partial charge in [-0.25, -0.2) is 13.6 Å². The minimum Gasteiger partial charge on any atom is -0.506 e. The molecule has 0 amide bonds. The van der Waals surface area contributed by atoms with Crippen LogP contribution < -0.4 is 0 Å². The lowest BCUT2D eigenvalue weighted by Crippen LogP contribution is -2.15. The van der Waals surface area contributed by atoms with Gasteiger partial charge in [0.1, 0.15) is 22.7 Å². The second kappa shape index (κ2) is 9.70. The van der Waals surface area contributed by atoms with E-state index in [-0.39, 0.29) is 13.2 Å². The molecule has 0 unspecified atom stereocenters. The second-order valence-corrected chi connectivity index (χ2v) is 5.43. The molecule has 148 valence electrons. The number of aliphatic hydroxyl groups is 1. The van der Waals surface area contributed by atoms with Gasteiger partial charge in [-0.15, -0.1) is 0 Å². The highest BCUT2D eigenvalue weighted by Gasteiger charge is 2.35. The molecule has 0 fully saturated rings. The number of carbonyl (C=O) groups excluding carboxylic acids is 1. The Balaban J connectivity index is 3.72. The van der Waals surface area contributed by atoms with Crippen LogP contribution in [0, 0.1) is 34.5 Å². The molecule has 0 spiro atoms. The molecule has 1 aromatic rings. The zero-order valence-corrected chi connectivity index (χ0v) is 15.0. The molecule has 7 nitrogen and oxygen atoms in total. The Bertz CT molecular complexity index is 806. The number of carbonyl (C=O) groups is 1. The van der Waals surface area contributed by atoms with Crippen molar-refractivity contribution in [2.75, 3.05) is 13.2 Å². The van der Waals surface area contributed by atoms with Gasteiger partial charge in [0.2, 0.25) is 5.82 Å². The predicted molar refractivity (Wildman–Crippen MR) is 92.2 cm³/mol. The smallest absolute Gasteiger partial charge is 0.343 e. The lowest BCUT2D eigenvalue weighted by atomic mass is 10.0. The van der Waals surface area contributed by atoms with Crippen LogP contribution in [-0.4, -0.2) is 35.4 Å². The lowest BCUT2D eigenvalue weighted by molar-refractivity contribution is -0.388. The number of aliphatic imine (C=N–C) groups is 1. The number of hydrogen-bond donors (Lipinski definition) is 1. The van der Waals surface area contributed by atoms with Crippen LogP contribution >= 0.6 is 0 Å². The molecule has 0 aromatic heterocycles. The first kappa shape index (κ1) is 22.1. The molecule has 1 aromatic carbocycles. The largest absolute Gasteiger partial charge is 0.506 e. The number of rotatable bonds is 8. The van der Waals surface area contributed by atoms with Gasteiger partial charge in [0.25, 0.3) is 0 Å². The molecule has 0 bridgehead atoms. The van der Waals surface area contributed by atoms with E-state index in [0.717, 1.165) is 13.1 Å². The monoisotopic (exact) mass is 388 g/mol. The van der Waals surface area contributed by atoms with Gasteiger partial charge < -0.3 is 9.84 Å². The van der Waals surface area contributed by atoms with Crippen LogP contribution in [0.2, 0.25) is 0 Å². The summed E-state index contributed by atoms with van der Waals surface area (Å²) in [7, 11) is 0. The van der Waals surface area contributed by atoms with Crippen molar-refractivity contribution in [2.24, 2.45) is 4.99 Å². The number of ether oxygens (including phenoxy) is 1. The van der Waals surface area contributed by atoms with Gasteiger partial charge in [-0.2, -0.15) is 4.39 Å². The number of halogens is 3.